The van der Waals surface area contributed by atoms with Crippen molar-refractivity contribution in [2.45, 2.75) is 32.4 Å². The average Bonchev–Trinajstić information content (AvgIpc) is 2.75. The number of piperidine rings is 1. The van der Waals surface area contributed by atoms with Gasteiger partial charge in [-0.3, -0.25) is 4.90 Å². The van der Waals surface area contributed by atoms with Crippen LogP contribution in [0.4, 0.5) is 0 Å². The number of nitrogens with one attached hydrogen (secondary N) is 1. The molecule has 0 unspecified atom stereocenters. The first-order valence-corrected chi connectivity index (χ1v) is 6.96. The second kappa shape index (κ2) is 6.15. The highest BCUT2D eigenvalue weighted by molar-refractivity contribution is 7.09. The van der Waals surface area contributed by atoms with E-state index >= 15 is 0 Å². The molecule has 92 valence electrons. The lowest BCUT2D eigenvalue weighted by molar-refractivity contribution is 0.217. The largest absolute Gasteiger partial charge is 0.308 e. The molecule has 1 aliphatic rings. The van der Waals surface area contributed by atoms with Gasteiger partial charge < -0.3 is 5.32 Å². The lowest BCUT2D eigenvalue weighted by atomic mass is 10.1. The van der Waals surface area contributed by atoms with Gasteiger partial charge in [0.1, 0.15) is 5.01 Å². The molecule has 0 amide bonds. The van der Waals surface area contributed by atoms with Crippen molar-refractivity contribution in [2.75, 3.05) is 19.6 Å². The molecule has 1 aromatic heterocycles. The van der Waals surface area contributed by atoms with E-state index in [1.54, 1.807) is 11.3 Å². The monoisotopic (exact) mass is 249 g/mol. The van der Waals surface area contributed by atoms with E-state index < -0.39 is 0 Å². The highest BCUT2D eigenvalue weighted by Gasteiger charge is 2.17. The Balaban J connectivity index is 1.70. The predicted octanol–water partition coefficient (Wildman–Crippen LogP) is 1.64. The molecule has 1 N–H and O–H groups in total. The Hall–Kier alpha value is -0.890. The summed E-state index contributed by atoms with van der Waals surface area (Å²) in [5.74, 6) is 2.71. The summed E-state index contributed by atoms with van der Waals surface area (Å²) in [6.07, 6.45) is 7.69. The van der Waals surface area contributed by atoms with Crippen molar-refractivity contribution >= 4 is 11.3 Å². The Labute approximate surface area is 107 Å². The van der Waals surface area contributed by atoms with Gasteiger partial charge in [-0.1, -0.05) is 5.92 Å². The van der Waals surface area contributed by atoms with Gasteiger partial charge in [0.25, 0.3) is 0 Å². The molecule has 1 aromatic rings. The molecule has 2 heterocycles. The van der Waals surface area contributed by atoms with Crippen LogP contribution in [0, 0.1) is 19.3 Å². The highest BCUT2D eigenvalue weighted by atomic mass is 32.1. The van der Waals surface area contributed by atoms with E-state index in [-0.39, 0.29) is 0 Å². The molecule has 3 nitrogen and oxygen atoms in total. The molecule has 2 rings (SSSR count). The minimum atomic E-state index is 0.619. The van der Waals surface area contributed by atoms with Crippen molar-refractivity contribution in [3.05, 3.63) is 16.1 Å². The normalized spacial score (nSPS) is 18.1. The van der Waals surface area contributed by atoms with Crippen LogP contribution < -0.4 is 5.32 Å². The minimum absolute atomic E-state index is 0.619. The molecule has 1 aliphatic heterocycles. The first-order chi connectivity index (χ1) is 8.28. The molecule has 0 bridgehead atoms. The maximum Gasteiger partial charge on any atom is 0.107 e. The van der Waals surface area contributed by atoms with Crippen molar-refractivity contribution in [1.29, 1.82) is 0 Å². The number of hydrogen-bond acceptors (Lipinski definition) is 4. The van der Waals surface area contributed by atoms with Crippen molar-refractivity contribution in [3.8, 4) is 12.3 Å². The van der Waals surface area contributed by atoms with Gasteiger partial charge in [0, 0.05) is 36.8 Å². The first-order valence-electron chi connectivity index (χ1n) is 6.08. The summed E-state index contributed by atoms with van der Waals surface area (Å²) in [6, 6.07) is 0.619. The fraction of sp³-hybridized carbons (Fsp3) is 0.615. The Bertz CT molecular complexity index is 386. The summed E-state index contributed by atoms with van der Waals surface area (Å²) >= 11 is 1.74. The number of nitrogens with zero attached hydrogens (tertiary/aromatic N) is 2. The Kier molecular flexibility index (Phi) is 4.55. The number of aryl methyl sites for hydroxylation is 1. The van der Waals surface area contributed by atoms with Gasteiger partial charge in [0.05, 0.1) is 6.54 Å². The van der Waals surface area contributed by atoms with E-state index in [0.717, 1.165) is 31.9 Å². The summed E-state index contributed by atoms with van der Waals surface area (Å²) in [5.41, 5.74) is 1.12. The van der Waals surface area contributed by atoms with Crippen LogP contribution >= 0.6 is 11.3 Å². The van der Waals surface area contributed by atoms with Crippen LogP contribution in [-0.4, -0.2) is 35.6 Å². The van der Waals surface area contributed by atoms with Crippen LogP contribution in [0.3, 0.4) is 0 Å². The van der Waals surface area contributed by atoms with Gasteiger partial charge in [0.15, 0.2) is 0 Å². The third-order valence-electron chi connectivity index (χ3n) is 3.11. The standard InChI is InChI=1S/C13H19N3S/c1-3-6-16-7-4-12(5-8-16)14-9-13-15-11(2)10-17-13/h1,10,12,14H,4-9H2,2H3. The molecule has 0 aliphatic carbocycles. The second-order valence-corrected chi connectivity index (χ2v) is 5.46. The molecular weight excluding hydrogens is 230 g/mol. The zero-order valence-electron chi connectivity index (χ0n) is 10.3. The first kappa shape index (κ1) is 12.6. The lowest BCUT2D eigenvalue weighted by Gasteiger charge is -2.30. The van der Waals surface area contributed by atoms with Gasteiger partial charge in [-0.15, -0.1) is 17.8 Å². The molecule has 1 saturated heterocycles. The predicted molar refractivity (Wildman–Crippen MR) is 72.0 cm³/mol. The molecule has 0 atom stereocenters. The van der Waals surface area contributed by atoms with Crippen LogP contribution in [0.5, 0.6) is 0 Å². The van der Waals surface area contributed by atoms with Crippen molar-refractivity contribution in [2.24, 2.45) is 0 Å². The summed E-state index contributed by atoms with van der Waals surface area (Å²) in [6.45, 7) is 5.95. The van der Waals surface area contributed by atoms with E-state index in [2.05, 4.69) is 26.5 Å². The van der Waals surface area contributed by atoms with Crippen molar-refractivity contribution in [1.82, 2.24) is 15.2 Å². The second-order valence-electron chi connectivity index (χ2n) is 4.52. The lowest BCUT2D eigenvalue weighted by Crippen LogP contribution is -2.42. The third-order valence-corrected chi connectivity index (χ3v) is 4.08. The van der Waals surface area contributed by atoms with Crippen LogP contribution in [-0.2, 0) is 6.54 Å². The number of hydrogen-bond donors (Lipinski definition) is 1. The van der Waals surface area contributed by atoms with Crippen LogP contribution in [0.2, 0.25) is 0 Å². The Morgan fingerprint density at radius 3 is 2.94 bits per heavy atom. The summed E-state index contributed by atoms with van der Waals surface area (Å²) < 4.78 is 0. The van der Waals surface area contributed by atoms with E-state index in [9.17, 15) is 0 Å². The summed E-state index contributed by atoms with van der Waals surface area (Å²) in [4.78, 5) is 6.80. The third kappa shape index (κ3) is 3.81. The van der Waals surface area contributed by atoms with Crippen molar-refractivity contribution in [3.63, 3.8) is 0 Å². The molecule has 0 radical (unpaired) electrons. The quantitative estimate of drug-likeness (QED) is 0.822. The Morgan fingerprint density at radius 1 is 1.59 bits per heavy atom. The SMILES string of the molecule is C#CCN1CCC(NCc2nc(C)cs2)CC1. The van der Waals surface area contributed by atoms with E-state index in [1.807, 2.05) is 6.92 Å². The molecule has 0 saturated carbocycles. The smallest absolute Gasteiger partial charge is 0.107 e. The van der Waals surface area contributed by atoms with Gasteiger partial charge >= 0.3 is 0 Å². The minimum Gasteiger partial charge on any atom is -0.308 e. The number of likely N-dealkylation sites (tertiary alicyclic amines) is 1. The number of terminal acetylenes is 1. The van der Waals surface area contributed by atoms with Crippen LogP contribution in [0.1, 0.15) is 23.5 Å². The Morgan fingerprint density at radius 2 is 2.35 bits per heavy atom. The number of thiazole rings is 1. The fourth-order valence-electron chi connectivity index (χ4n) is 2.14. The number of aromatic nitrogens is 1. The molecule has 17 heavy (non-hydrogen) atoms. The zero-order valence-corrected chi connectivity index (χ0v) is 11.1. The summed E-state index contributed by atoms with van der Waals surface area (Å²) in [5, 5.41) is 6.88. The van der Waals surface area contributed by atoms with E-state index in [1.165, 1.54) is 17.8 Å². The summed E-state index contributed by atoms with van der Waals surface area (Å²) in [7, 11) is 0. The molecule has 0 aromatic carbocycles. The number of rotatable bonds is 4. The molecular formula is C13H19N3S. The van der Waals surface area contributed by atoms with Gasteiger partial charge in [-0.2, -0.15) is 0 Å². The van der Waals surface area contributed by atoms with Gasteiger partial charge in [-0.25, -0.2) is 4.98 Å². The van der Waals surface area contributed by atoms with Crippen molar-refractivity contribution < 1.29 is 0 Å². The molecule has 4 heteroatoms. The van der Waals surface area contributed by atoms with E-state index in [4.69, 9.17) is 6.42 Å². The van der Waals surface area contributed by atoms with Gasteiger partial charge in [0.2, 0.25) is 0 Å². The van der Waals surface area contributed by atoms with Crippen LogP contribution in [0.15, 0.2) is 5.38 Å². The fourth-order valence-corrected chi connectivity index (χ4v) is 2.86. The topological polar surface area (TPSA) is 28.2 Å². The van der Waals surface area contributed by atoms with Gasteiger partial charge in [-0.05, 0) is 19.8 Å². The zero-order chi connectivity index (χ0) is 12.1. The van der Waals surface area contributed by atoms with Crippen LogP contribution in [0.25, 0.3) is 0 Å². The maximum absolute atomic E-state index is 5.32. The molecule has 0 spiro atoms. The molecule has 1 fully saturated rings. The maximum atomic E-state index is 5.32. The average molecular weight is 249 g/mol. The van der Waals surface area contributed by atoms with E-state index in [0.29, 0.717) is 6.04 Å². The highest BCUT2D eigenvalue weighted by Crippen LogP contribution is 2.12.